The summed E-state index contributed by atoms with van der Waals surface area (Å²) in [6.07, 6.45) is 1.72. The van der Waals surface area contributed by atoms with Gasteiger partial charge in [-0.2, -0.15) is 5.10 Å². The number of hydrazone groups is 1. The molecule has 2 aromatic rings. The second-order valence-corrected chi connectivity index (χ2v) is 5.51. The molecule has 2 nitrogen and oxygen atoms in total. The Morgan fingerprint density at radius 2 is 1.94 bits per heavy atom. The largest absolute Gasteiger partial charge is 0.278 e. The normalized spacial score (nSPS) is 10.9. The van der Waals surface area contributed by atoms with Crippen molar-refractivity contribution >= 4 is 39.2 Å². The van der Waals surface area contributed by atoms with E-state index >= 15 is 0 Å². The number of thiophene rings is 1. The van der Waals surface area contributed by atoms with Gasteiger partial charge in [0.05, 0.1) is 15.7 Å². The van der Waals surface area contributed by atoms with Gasteiger partial charge in [0, 0.05) is 4.88 Å². The van der Waals surface area contributed by atoms with Gasteiger partial charge in [-0.05, 0) is 52.3 Å². The fourth-order valence-electron chi connectivity index (χ4n) is 1.09. The minimum absolute atomic E-state index is 0.253. The van der Waals surface area contributed by atoms with Crippen molar-refractivity contribution < 1.29 is 4.39 Å². The summed E-state index contributed by atoms with van der Waals surface area (Å²) in [6.45, 7) is 0. The van der Waals surface area contributed by atoms with E-state index < -0.39 is 0 Å². The zero-order valence-corrected chi connectivity index (χ0v) is 10.6. The summed E-state index contributed by atoms with van der Waals surface area (Å²) in [5.41, 5.74) is 3.58. The maximum atomic E-state index is 12.6. The number of rotatable bonds is 3. The number of nitrogens with one attached hydrogen (secondary N) is 1. The van der Waals surface area contributed by atoms with Gasteiger partial charge in [-0.15, -0.1) is 11.3 Å². The molecule has 5 heteroatoms. The Balaban J connectivity index is 1.97. The maximum Gasteiger partial charge on any atom is 0.123 e. The van der Waals surface area contributed by atoms with E-state index in [2.05, 4.69) is 26.5 Å². The molecule has 0 spiro atoms. The monoisotopic (exact) mass is 298 g/mol. The van der Waals surface area contributed by atoms with Crippen LogP contribution in [0.2, 0.25) is 0 Å². The lowest BCUT2D eigenvalue weighted by Gasteiger charge is -1.98. The minimum atomic E-state index is -0.253. The van der Waals surface area contributed by atoms with Crippen LogP contribution in [0.15, 0.2) is 45.3 Å². The van der Waals surface area contributed by atoms with Crippen molar-refractivity contribution in [3.63, 3.8) is 0 Å². The Bertz CT molecular complexity index is 493. The van der Waals surface area contributed by atoms with Crippen LogP contribution < -0.4 is 5.43 Å². The van der Waals surface area contributed by atoms with Crippen LogP contribution in [0.1, 0.15) is 4.88 Å². The Labute approximate surface area is 105 Å². The van der Waals surface area contributed by atoms with Crippen LogP contribution in [0.4, 0.5) is 10.1 Å². The second kappa shape index (κ2) is 5.23. The van der Waals surface area contributed by atoms with E-state index in [4.69, 9.17) is 0 Å². The third-order valence-corrected chi connectivity index (χ3v) is 3.38. The lowest BCUT2D eigenvalue weighted by molar-refractivity contribution is 0.628. The first-order chi connectivity index (χ1) is 7.74. The Morgan fingerprint density at radius 3 is 2.56 bits per heavy atom. The van der Waals surface area contributed by atoms with Crippen LogP contribution in [-0.4, -0.2) is 6.21 Å². The highest BCUT2D eigenvalue weighted by Gasteiger charge is 1.93. The van der Waals surface area contributed by atoms with Crippen LogP contribution in [0.25, 0.3) is 0 Å². The number of benzene rings is 1. The molecule has 16 heavy (non-hydrogen) atoms. The first-order valence-corrected chi connectivity index (χ1v) is 6.15. The summed E-state index contributed by atoms with van der Waals surface area (Å²) in [7, 11) is 0. The average molecular weight is 299 g/mol. The molecule has 1 N–H and O–H groups in total. The topological polar surface area (TPSA) is 24.4 Å². The first kappa shape index (κ1) is 11.3. The molecule has 2 rings (SSSR count). The van der Waals surface area contributed by atoms with E-state index in [9.17, 15) is 4.39 Å². The second-order valence-electron chi connectivity index (χ2n) is 3.02. The predicted octanol–water partition coefficient (Wildman–Crippen LogP) is 4.10. The standard InChI is InChI=1S/C11H8BrFN2S/c12-11-6-5-10(16-11)7-14-15-9-3-1-8(13)2-4-9/h1-7,15H/b14-7+. The Hall–Kier alpha value is -1.20. The van der Waals surface area contributed by atoms with Gasteiger partial charge < -0.3 is 0 Å². The fraction of sp³-hybridized carbons (Fsp3) is 0. The fourth-order valence-corrected chi connectivity index (χ4v) is 2.39. The quantitative estimate of drug-likeness (QED) is 0.670. The number of halogens is 2. The maximum absolute atomic E-state index is 12.6. The molecule has 0 fully saturated rings. The Kier molecular flexibility index (Phi) is 3.69. The smallest absolute Gasteiger partial charge is 0.123 e. The molecule has 0 bridgehead atoms. The summed E-state index contributed by atoms with van der Waals surface area (Å²) < 4.78 is 13.7. The molecule has 0 atom stereocenters. The zero-order chi connectivity index (χ0) is 11.4. The highest BCUT2D eigenvalue weighted by atomic mass is 79.9. The Morgan fingerprint density at radius 1 is 1.19 bits per heavy atom. The van der Waals surface area contributed by atoms with Gasteiger partial charge in [0.1, 0.15) is 5.82 Å². The summed E-state index contributed by atoms with van der Waals surface area (Å²) in [6, 6.07) is 9.97. The van der Waals surface area contributed by atoms with Gasteiger partial charge in [-0.3, -0.25) is 5.43 Å². The van der Waals surface area contributed by atoms with E-state index in [0.717, 1.165) is 14.4 Å². The van der Waals surface area contributed by atoms with E-state index in [1.807, 2.05) is 12.1 Å². The van der Waals surface area contributed by atoms with Crippen molar-refractivity contribution in [1.82, 2.24) is 0 Å². The van der Waals surface area contributed by atoms with Crippen molar-refractivity contribution in [3.8, 4) is 0 Å². The van der Waals surface area contributed by atoms with Crippen molar-refractivity contribution in [2.45, 2.75) is 0 Å². The minimum Gasteiger partial charge on any atom is -0.278 e. The molecule has 0 aliphatic carbocycles. The molecule has 82 valence electrons. The molecule has 1 aromatic carbocycles. The number of nitrogens with zero attached hydrogens (tertiary/aromatic N) is 1. The van der Waals surface area contributed by atoms with Crippen molar-refractivity contribution in [3.05, 3.63) is 50.9 Å². The lowest BCUT2D eigenvalue weighted by atomic mass is 10.3. The number of hydrogen-bond donors (Lipinski definition) is 1. The van der Waals surface area contributed by atoms with Crippen molar-refractivity contribution in [2.75, 3.05) is 5.43 Å². The lowest BCUT2D eigenvalue weighted by Crippen LogP contribution is -1.89. The third kappa shape index (κ3) is 3.15. The summed E-state index contributed by atoms with van der Waals surface area (Å²) in [5, 5.41) is 4.05. The molecule has 1 heterocycles. The van der Waals surface area contributed by atoms with Crippen molar-refractivity contribution in [2.24, 2.45) is 5.10 Å². The highest BCUT2D eigenvalue weighted by molar-refractivity contribution is 9.11. The number of anilines is 1. The van der Waals surface area contributed by atoms with Crippen LogP contribution >= 0.6 is 27.3 Å². The molecule has 0 saturated heterocycles. The highest BCUT2D eigenvalue weighted by Crippen LogP contribution is 2.20. The first-order valence-electron chi connectivity index (χ1n) is 4.54. The molecule has 0 aliphatic heterocycles. The molecule has 0 unspecified atom stereocenters. The zero-order valence-electron chi connectivity index (χ0n) is 8.15. The van der Waals surface area contributed by atoms with E-state index in [-0.39, 0.29) is 5.82 Å². The number of hydrogen-bond acceptors (Lipinski definition) is 3. The molecule has 1 aromatic heterocycles. The van der Waals surface area contributed by atoms with Crippen LogP contribution in [-0.2, 0) is 0 Å². The van der Waals surface area contributed by atoms with Crippen LogP contribution in [0, 0.1) is 5.82 Å². The molecular formula is C11H8BrFN2S. The molecule has 0 aliphatic rings. The predicted molar refractivity (Wildman–Crippen MR) is 69.6 cm³/mol. The molecule has 0 radical (unpaired) electrons. The SMILES string of the molecule is Fc1ccc(N/N=C/c2ccc(Br)s2)cc1. The summed E-state index contributed by atoms with van der Waals surface area (Å²) >= 11 is 4.96. The summed E-state index contributed by atoms with van der Waals surface area (Å²) in [4.78, 5) is 1.04. The van der Waals surface area contributed by atoms with E-state index in [1.54, 1.807) is 29.7 Å². The van der Waals surface area contributed by atoms with Gasteiger partial charge in [0.2, 0.25) is 0 Å². The third-order valence-electron chi connectivity index (χ3n) is 1.82. The van der Waals surface area contributed by atoms with Gasteiger partial charge in [-0.1, -0.05) is 0 Å². The van der Waals surface area contributed by atoms with Gasteiger partial charge in [0.25, 0.3) is 0 Å². The molecular weight excluding hydrogens is 291 g/mol. The van der Waals surface area contributed by atoms with E-state index in [1.165, 1.54) is 12.1 Å². The summed E-state index contributed by atoms with van der Waals surface area (Å²) in [5.74, 6) is -0.253. The van der Waals surface area contributed by atoms with Gasteiger partial charge in [0.15, 0.2) is 0 Å². The van der Waals surface area contributed by atoms with Crippen LogP contribution in [0.3, 0.4) is 0 Å². The van der Waals surface area contributed by atoms with Gasteiger partial charge in [-0.25, -0.2) is 4.39 Å². The van der Waals surface area contributed by atoms with Crippen molar-refractivity contribution in [1.29, 1.82) is 0 Å². The molecule has 0 amide bonds. The average Bonchev–Trinajstić information content (AvgIpc) is 2.67. The van der Waals surface area contributed by atoms with E-state index in [0.29, 0.717) is 0 Å². The van der Waals surface area contributed by atoms with Gasteiger partial charge >= 0.3 is 0 Å². The van der Waals surface area contributed by atoms with Crippen LogP contribution in [0.5, 0.6) is 0 Å². The molecule has 0 saturated carbocycles.